The van der Waals surface area contributed by atoms with E-state index in [2.05, 4.69) is 0 Å². The summed E-state index contributed by atoms with van der Waals surface area (Å²) in [5.41, 5.74) is 0.333. The standard InChI is InChI=1S/C21H38NO10P/c1-8-30-33(26,31-9-2)13-17(25)18-19(28-7)20(29-11-10-27-6)21(32-18)22(16(5)24)12-14(3)15(4)23/h12,17-21,25H,8-11,13H2,1-7H3/b14-12-/t17-,18-,19-,20-,21-/m1/s1. The van der Waals surface area contributed by atoms with E-state index in [9.17, 15) is 19.3 Å². The van der Waals surface area contributed by atoms with E-state index in [1.807, 2.05) is 0 Å². The van der Waals surface area contributed by atoms with Crippen LogP contribution in [0.2, 0.25) is 0 Å². The Morgan fingerprint density at radius 2 is 1.70 bits per heavy atom. The van der Waals surface area contributed by atoms with E-state index >= 15 is 0 Å². The normalized spacial score (nSPS) is 24.7. The molecule has 0 aliphatic carbocycles. The van der Waals surface area contributed by atoms with E-state index in [1.165, 1.54) is 39.2 Å². The van der Waals surface area contributed by atoms with Crippen molar-refractivity contribution >= 4 is 19.3 Å². The average Bonchev–Trinajstić information content (AvgIpc) is 3.10. The van der Waals surface area contributed by atoms with E-state index in [1.54, 1.807) is 20.8 Å². The molecule has 0 bridgehead atoms. The van der Waals surface area contributed by atoms with Gasteiger partial charge in [-0.2, -0.15) is 0 Å². The van der Waals surface area contributed by atoms with Crippen LogP contribution in [0.3, 0.4) is 0 Å². The smallest absolute Gasteiger partial charge is 0.333 e. The number of nitrogens with zero attached hydrogens (tertiary/aromatic N) is 1. The van der Waals surface area contributed by atoms with Crippen molar-refractivity contribution in [2.24, 2.45) is 0 Å². The van der Waals surface area contributed by atoms with Crippen molar-refractivity contribution in [1.29, 1.82) is 0 Å². The van der Waals surface area contributed by atoms with Gasteiger partial charge >= 0.3 is 7.60 Å². The predicted molar refractivity (Wildman–Crippen MR) is 120 cm³/mol. The summed E-state index contributed by atoms with van der Waals surface area (Å²) in [4.78, 5) is 25.5. The molecule has 0 saturated carbocycles. The Kier molecular flexibility index (Phi) is 12.9. The van der Waals surface area contributed by atoms with Gasteiger partial charge in [-0.15, -0.1) is 0 Å². The molecule has 0 aromatic carbocycles. The van der Waals surface area contributed by atoms with E-state index in [4.69, 9.17) is 28.0 Å². The summed E-state index contributed by atoms with van der Waals surface area (Å²) in [6.45, 7) is 8.36. The number of ketones is 1. The maximum atomic E-state index is 13.0. The summed E-state index contributed by atoms with van der Waals surface area (Å²) in [6, 6.07) is 0. The zero-order chi connectivity index (χ0) is 25.2. The number of ether oxygens (including phenoxy) is 4. The first-order valence-corrected chi connectivity index (χ1v) is 12.6. The lowest BCUT2D eigenvalue weighted by molar-refractivity contribution is -0.149. The van der Waals surface area contributed by atoms with Crippen molar-refractivity contribution in [1.82, 2.24) is 4.90 Å². The SMILES string of the molecule is CCOP(=O)(C[C@@H](O)[C@H]1O[C@@H](N(/C=C(/C)C(C)=O)C(C)=O)[C@H](OCCOC)[C@@H]1OC)OCC. The molecule has 1 N–H and O–H groups in total. The van der Waals surface area contributed by atoms with Gasteiger partial charge in [0.2, 0.25) is 5.91 Å². The van der Waals surface area contributed by atoms with Crippen molar-refractivity contribution in [2.75, 3.05) is 46.8 Å². The fourth-order valence-corrected chi connectivity index (χ4v) is 5.16. The second-order valence-corrected chi connectivity index (χ2v) is 9.61. The van der Waals surface area contributed by atoms with E-state index in [0.717, 1.165) is 0 Å². The van der Waals surface area contributed by atoms with Crippen molar-refractivity contribution in [3.8, 4) is 0 Å². The zero-order valence-corrected chi connectivity index (χ0v) is 21.4. The van der Waals surface area contributed by atoms with Gasteiger partial charge in [0.05, 0.1) is 38.7 Å². The molecule has 192 valence electrons. The Morgan fingerprint density at radius 1 is 1.09 bits per heavy atom. The molecule has 0 unspecified atom stereocenters. The lowest BCUT2D eigenvalue weighted by atomic mass is 10.1. The molecule has 11 nitrogen and oxygen atoms in total. The van der Waals surface area contributed by atoms with Gasteiger partial charge in [-0.05, 0) is 27.7 Å². The number of hydrogen-bond acceptors (Lipinski definition) is 10. The maximum Gasteiger partial charge on any atom is 0.333 e. The molecule has 1 amide bonds. The lowest BCUT2D eigenvalue weighted by Crippen LogP contribution is -2.46. The van der Waals surface area contributed by atoms with Gasteiger partial charge in [-0.1, -0.05) is 0 Å². The van der Waals surface area contributed by atoms with Crippen molar-refractivity contribution in [3.63, 3.8) is 0 Å². The number of carbonyl (C=O) groups is 2. The zero-order valence-electron chi connectivity index (χ0n) is 20.5. The number of allylic oxidation sites excluding steroid dienone is 1. The molecule has 0 aromatic heterocycles. The van der Waals surface area contributed by atoms with Crippen LogP contribution >= 0.6 is 7.60 Å². The highest BCUT2D eigenvalue weighted by Crippen LogP contribution is 2.49. The Hall–Kier alpha value is -1.17. The Morgan fingerprint density at radius 3 is 2.15 bits per heavy atom. The van der Waals surface area contributed by atoms with Crippen LogP contribution in [0.5, 0.6) is 0 Å². The van der Waals surface area contributed by atoms with E-state index in [-0.39, 0.29) is 38.4 Å². The van der Waals surface area contributed by atoms with Crippen molar-refractivity contribution in [2.45, 2.75) is 65.3 Å². The second-order valence-electron chi connectivity index (χ2n) is 7.51. The molecule has 5 atom stereocenters. The number of Topliss-reactive ketones (excluding diaryl/α,β-unsaturated/α-hetero) is 1. The summed E-state index contributed by atoms with van der Waals surface area (Å²) >= 11 is 0. The number of amides is 1. The first-order valence-electron chi connectivity index (χ1n) is 10.9. The fraction of sp³-hybridized carbons (Fsp3) is 0.810. The Bertz CT molecular complexity index is 705. The topological polar surface area (TPSA) is 130 Å². The lowest BCUT2D eigenvalue weighted by Gasteiger charge is -2.30. The summed E-state index contributed by atoms with van der Waals surface area (Å²) in [5.74, 6) is -0.620. The minimum Gasteiger partial charge on any atom is -0.390 e. The van der Waals surface area contributed by atoms with Gasteiger partial charge in [-0.25, -0.2) is 0 Å². The molecule has 1 saturated heterocycles. The van der Waals surface area contributed by atoms with Crippen LogP contribution in [-0.4, -0.2) is 99.1 Å². The summed E-state index contributed by atoms with van der Waals surface area (Å²) in [5, 5.41) is 10.9. The average molecular weight is 496 g/mol. The first-order chi connectivity index (χ1) is 15.5. The second kappa shape index (κ2) is 14.3. The van der Waals surface area contributed by atoms with E-state index in [0.29, 0.717) is 5.57 Å². The highest BCUT2D eigenvalue weighted by Gasteiger charge is 2.52. The number of rotatable bonds is 15. The molecule has 33 heavy (non-hydrogen) atoms. The largest absolute Gasteiger partial charge is 0.390 e. The maximum absolute atomic E-state index is 13.0. The van der Waals surface area contributed by atoms with Crippen LogP contribution in [0.1, 0.15) is 34.6 Å². The van der Waals surface area contributed by atoms with Crippen LogP contribution < -0.4 is 0 Å². The Balaban J connectivity index is 3.30. The molecule has 1 aliphatic rings. The highest BCUT2D eigenvalue weighted by molar-refractivity contribution is 7.53. The minimum atomic E-state index is -3.59. The number of hydrogen-bond donors (Lipinski definition) is 1. The van der Waals surface area contributed by atoms with Gasteiger partial charge in [0.1, 0.15) is 18.3 Å². The third-order valence-corrected chi connectivity index (χ3v) is 7.19. The van der Waals surface area contributed by atoms with Gasteiger partial charge in [0.15, 0.2) is 12.0 Å². The summed E-state index contributed by atoms with van der Waals surface area (Å²) in [6.07, 6.45) is -3.96. The molecular weight excluding hydrogens is 457 g/mol. The first kappa shape index (κ1) is 29.9. The number of aliphatic hydroxyl groups excluding tert-OH is 1. The quantitative estimate of drug-likeness (QED) is 0.204. The molecule has 1 aliphatic heterocycles. The van der Waals surface area contributed by atoms with E-state index < -0.39 is 44.1 Å². The molecule has 1 fully saturated rings. The monoisotopic (exact) mass is 495 g/mol. The molecule has 1 rings (SSSR count). The van der Waals surface area contributed by atoms with Gasteiger partial charge < -0.3 is 33.1 Å². The fourth-order valence-electron chi connectivity index (χ4n) is 3.42. The number of aliphatic hydroxyl groups is 1. The Labute approximate surface area is 195 Å². The van der Waals surface area contributed by atoms with Crippen LogP contribution in [0.15, 0.2) is 11.8 Å². The predicted octanol–water partition coefficient (Wildman–Crippen LogP) is 1.73. The van der Waals surface area contributed by atoms with Crippen LogP contribution in [-0.2, 0) is 42.1 Å². The van der Waals surface area contributed by atoms with Gasteiger partial charge in [-0.3, -0.25) is 19.1 Å². The molecule has 1 heterocycles. The van der Waals surface area contributed by atoms with Gasteiger partial charge in [0, 0.05) is 32.9 Å². The summed E-state index contributed by atoms with van der Waals surface area (Å²) in [7, 11) is -0.654. The van der Waals surface area contributed by atoms with Crippen molar-refractivity contribution in [3.05, 3.63) is 11.8 Å². The number of carbonyl (C=O) groups excluding carboxylic acids is 2. The third kappa shape index (κ3) is 8.52. The molecule has 0 radical (unpaired) electrons. The highest BCUT2D eigenvalue weighted by atomic mass is 31.2. The molecule has 0 spiro atoms. The molecular formula is C21H38NO10P. The van der Waals surface area contributed by atoms with Crippen LogP contribution in [0.25, 0.3) is 0 Å². The third-order valence-electron chi connectivity index (χ3n) is 5.06. The van der Waals surface area contributed by atoms with Crippen LogP contribution in [0, 0.1) is 0 Å². The molecule has 0 aromatic rings. The van der Waals surface area contributed by atoms with Crippen LogP contribution in [0.4, 0.5) is 0 Å². The summed E-state index contributed by atoms with van der Waals surface area (Å²) < 4.78 is 46.1. The van der Waals surface area contributed by atoms with Crippen molar-refractivity contribution < 1.29 is 47.3 Å². The minimum absolute atomic E-state index is 0.141. The molecule has 12 heteroatoms. The van der Waals surface area contributed by atoms with Gasteiger partial charge in [0.25, 0.3) is 0 Å². The number of methoxy groups -OCH3 is 2.